The van der Waals surface area contributed by atoms with E-state index in [1.165, 1.54) is 0 Å². The Balaban J connectivity index is 0.000000171. The van der Waals surface area contributed by atoms with Crippen LogP contribution in [0.5, 0.6) is 5.75 Å². The third kappa shape index (κ3) is 2.40. The molecule has 3 nitrogen and oxygen atoms in total. The first kappa shape index (κ1) is 10.4. The van der Waals surface area contributed by atoms with Crippen LogP contribution in [0.1, 0.15) is 19.4 Å². The molecule has 14 heavy (non-hydrogen) atoms. The molecule has 0 atom stereocenters. The van der Waals surface area contributed by atoms with Gasteiger partial charge < -0.3 is 10.5 Å². The van der Waals surface area contributed by atoms with Crippen LogP contribution >= 0.6 is 0 Å². The Labute approximate surface area is 84.1 Å². The predicted octanol–water partition coefficient (Wildman–Crippen LogP) is 2.33. The first-order valence-corrected chi connectivity index (χ1v) is 4.55. The molecule has 2 N–H and O–H groups in total. The standard InChI is InChI=1S/C7H7NO.C4H7N/c8-7-5-2-1-3-6(7)9-4-5;1-4(2)3-5/h1-3H,4,8H2;4H,1-2H3. The average Bonchev–Trinajstić information content (AvgIpc) is 2.44. The van der Waals surface area contributed by atoms with Gasteiger partial charge in [0.15, 0.2) is 0 Å². The van der Waals surface area contributed by atoms with E-state index in [-0.39, 0.29) is 5.92 Å². The molecule has 1 aromatic rings. The van der Waals surface area contributed by atoms with Crippen molar-refractivity contribution in [2.45, 2.75) is 20.5 Å². The van der Waals surface area contributed by atoms with Crippen molar-refractivity contribution < 1.29 is 4.74 Å². The molecule has 2 rings (SSSR count). The Hall–Kier alpha value is -1.69. The highest BCUT2D eigenvalue weighted by Crippen LogP contribution is 2.31. The van der Waals surface area contributed by atoms with Gasteiger partial charge in [0, 0.05) is 11.5 Å². The number of nitrogen functional groups attached to an aromatic ring is 1. The number of benzene rings is 1. The third-order valence-corrected chi connectivity index (χ3v) is 1.80. The molecule has 2 bridgehead atoms. The molecular weight excluding hydrogens is 176 g/mol. The Morgan fingerprint density at radius 2 is 2.14 bits per heavy atom. The molecule has 0 saturated heterocycles. The maximum atomic E-state index is 7.89. The zero-order valence-electron chi connectivity index (χ0n) is 8.45. The van der Waals surface area contributed by atoms with Gasteiger partial charge in [0.1, 0.15) is 12.4 Å². The Morgan fingerprint density at radius 3 is 2.57 bits per heavy atom. The summed E-state index contributed by atoms with van der Waals surface area (Å²) in [5.41, 5.74) is 7.53. The van der Waals surface area contributed by atoms with E-state index >= 15 is 0 Å². The highest BCUT2D eigenvalue weighted by molar-refractivity contribution is 5.61. The molecule has 0 amide bonds. The van der Waals surface area contributed by atoms with Crippen LogP contribution in [0.2, 0.25) is 0 Å². The minimum absolute atomic E-state index is 0.190. The van der Waals surface area contributed by atoms with Crippen LogP contribution < -0.4 is 10.5 Å². The number of hydrogen-bond donors (Lipinski definition) is 1. The van der Waals surface area contributed by atoms with Crippen LogP contribution in [-0.2, 0) is 6.61 Å². The first-order chi connectivity index (χ1) is 6.65. The number of para-hydroxylation sites is 1. The first-order valence-electron chi connectivity index (χ1n) is 4.55. The molecule has 0 saturated carbocycles. The van der Waals surface area contributed by atoms with Crippen molar-refractivity contribution in [2.75, 3.05) is 5.73 Å². The topological polar surface area (TPSA) is 59.0 Å². The number of ether oxygens (including phenoxy) is 1. The van der Waals surface area contributed by atoms with Crippen LogP contribution in [-0.4, -0.2) is 0 Å². The smallest absolute Gasteiger partial charge is 0.143 e. The Kier molecular flexibility index (Phi) is 3.35. The van der Waals surface area contributed by atoms with Crippen molar-refractivity contribution in [1.29, 1.82) is 5.26 Å². The van der Waals surface area contributed by atoms with Gasteiger partial charge in [0.2, 0.25) is 0 Å². The van der Waals surface area contributed by atoms with Crippen molar-refractivity contribution in [2.24, 2.45) is 5.92 Å². The largest absolute Gasteiger partial charge is 0.487 e. The lowest BCUT2D eigenvalue weighted by Crippen LogP contribution is -1.84. The summed E-state index contributed by atoms with van der Waals surface area (Å²) in [6, 6.07) is 7.84. The average molecular weight is 190 g/mol. The summed E-state index contributed by atoms with van der Waals surface area (Å²) in [5, 5.41) is 7.89. The molecule has 0 radical (unpaired) electrons. The summed E-state index contributed by atoms with van der Waals surface area (Å²) >= 11 is 0. The van der Waals surface area contributed by atoms with E-state index in [0.717, 1.165) is 17.0 Å². The van der Waals surface area contributed by atoms with Gasteiger partial charge in [-0.2, -0.15) is 5.26 Å². The SMILES string of the molecule is CC(C)C#N.Nc1c2cccc1OC2. The molecule has 74 valence electrons. The molecule has 1 aromatic carbocycles. The highest BCUT2D eigenvalue weighted by atomic mass is 16.5. The molecule has 1 heterocycles. The minimum atomic E-state index is 0.190. The number of nitriles is 1. The molecular formula is C11H14N2O. The van der Waals surface area contributed by atoms with E-state index in [4.69, 9.17) is 15.7 Å². The lowest BCUT2D eigenvalue weighted by atomic mass is 10.2. The zero-order valence-corrected chi connectivity index (χ0v) is 8.45. The molecule has 0 spiro atoms. The van der Waals surface area contributed by atoms with Gasteiger partial charge in [-0.25, -0.2) is 0 Å². The van der Waals surface area contributed by atoms with E-state index in [0.29, 0.717) is 6.61 Å². The summed E-state index contributed by atoms with van der Waals surface area (Å²) in [6.07, 6.45) is 0. The number of nitrogens with two attached hydrogens (primary N) is 1. The second-order valence-corrected chi connectivity index (χ2v) is 3.40. The van der Waals surface area contributed by atoms with Crippen LogP contribution in [0.3, 0.4) is 0 Å². The number of rotatable bonds is 0. The Bertz CT molecular complexity index is 331. The molecule has 1 aliphatic rings. The van der Waals surface area contributed by atoms with Gasteiger partial charge >= 0.3 is 0 Å². The molecule has 0 unspecified atom stereocenters. The van der Waals surface area contributed by atoms with E-state index in [1.807, 2.05) is 38.1 Å². The van der Waals surface area contributed by atoms with Crippen molar-refractivity contribution in [1.82, 2.24) is 0 Å². The number of hydrogen-bond acceptors (Lipinski definition) is 3. The van der Waals surface area contributed by atoms with Gasteiger partial charge in [-0.05, 0) is 19.9 Å². The van der Waals surface area contributed by atoms with E-state index in [9.17, 15) is 0 Å². The fourth-order valence-electron chi connectivity index (χ4n) is 0.997. The quantitative estimate of drug-likeness (QED) is 0.639. The Morgan fingerprint density at radius 1 is 1.50 bits per heavy atom. The van der Waals surface area contributed by atoms with Crippen LogP contribution in [0.15, 0.2) is 18.2 Å². The van der Waals surface area contributed by atoms with Gasteiger partial charge in [-0.1, -0.05) is 12.1 Å². The van der Waals surface area contributed by atoms with Crippen molar-refractivity contribution in [3.8, 4) is 11.8 Å². The molecule has 1 aliphatic heterocycles. The number of anilines is 1. The second-order valence-electron chi connectivity index (χ2n) is 3.40. The van der Waals surface area contributed by atoms with Crippen LogP contribution in [0.4, 0.5) is 5.69 Å². The molecule has 3 heteroatoms. The summed E-state index contributed by atoms with van der Waals surface area (Å²) in [5.74, 6) is 1.02. The molecule has 0 aliphatic carbocycles. The minimum Gasteiger partial charge on any atom is -0.487 e. The van der Waals surface area contributed by atoms with Crippen molar-refractivity contribution in [3.63, 3.8) is 0 Å². The van der Waals surface area contributed by atoms with Gasteiger partial charge in [0.05, 0.1) is 11.8 Å². The fourth-order valence-corrected chi connectivity index (χ4v) is 0.997. The maximum Gasteiger partial charge on any atom is 0.143 e. The van der Waals surface area contributed by atoms with Crippen LogP contribution in [0.25, 0.3) is 0 Å². The lowest BCUT2D eigenvalue weighted by Gasteiger charge is -1.91. The zero-order chi connectivity index (χ0) is 10.6. The summed E-state index contributed by atoms with van der Waals surface area (Å²) in [4.78, 5) is 0. The van der Waals surface area contributed by atoms with E-state index < -0.39 is 0 Å². The second kappa shape index (κ2) is 4.52. The normalized spacial score (nSPS) is 11.3. The number of nitrogens with zero attached hydrogens (tertiary/aromatic N) is 1. The van der Waals surface area contributed by atoms with Gasteiger partial charge in [-0.15, -0.1) is 0 Å². The predicted molar refractivity (Wildman–Crippen MR) is 55.6 cm³/mol. The molecule has 0 aromatic heterocycles. The lowest BCUT2D eigenvalue weighted by molar-refractivity contribution is 0.328. The summed E-state index contributed by atoms with van der Waals surface area (Å²) in [7, 11) is 0. The van der Waals surface area contributed by atoms with Gasteiger partial charge in [-0.3, -0.25) is 0 Å². The van der Waals surface area contributed by atoms with Crippen LogP contribution in [0, 0.1) is 17.2 Å². The highest BCUT2D eigenvalue weighted by Gasteiger charge is 2.12. The van der Waals surface area contributed by atoms with Gasteiger partial charge in [0.25, 0.3) is 0 Å². The third-order valence-electron chi connectivity index (χ3n) is 1.80. The molecule has 0 fully saturated rings. The summed E-state index contributed by atoms with van der Waals surface area (Å²) in [6.45, 7) is 4.37. The monoisotopic (exact) mass is 190 g/mol. The van der Waals surface area contributed by atoms with Crippen molar-refractivity contribution in [3.05, 3.63) is 23.8 Å². The fraction of sp³-hybridized carbons (Fsp3) is 0.364. The van der Waals surface area contributed by atoms with Crippen molar-refractivity contribution >= 4 is 5.69 Å². The maximum absolute atomic E-state index is 7.89. The van der Waals surface area contributed by atoms with E-state index in [1.54, 1.807) is 0 Å². The van der Waals surface area contributed by atoms with E-state index in [2.05, 4.69) is 0 Å². The summed E-state index contributed by atoms with van der Waals surface area (Å²) < 4.78 is 5.19. The number of fused-ring (bicyclic) bond motifs is 2.